The summed E-state index contributed by atoms with van der Waals surface area (Å²) >= 11 is 5.66. The second kappa shape index (κ2) is 6.96. The van der Waals surface area contributed by atoms with Gasteiger partial charge in [0.2, 0.25) is 0 Å². The highest BCUT2D eigenvalue weighted by molar-refractivity contribution is 6.30. The second-order valence-corrected chi connectivity index (χ2v) is 3.82. The number of ether oxygens (including phenoxy) is 2. The largest absolute Gasteiger partial charge is 0.458 e. The van der Waals surface area contributed by atoms with Gasteiger partial charge in [0.05, 0.1) is 13.2 Å². The molecule has 0 aliphatic heterocycles. The van der Waals surface area contributed by atoms with Gasteiger partial charge < -0.3 is 9.47 Å². The molecule has 0 aromatic heterocycles. The summed E-state index contributed by atoms with van der Waals surface area (Å²) in [6, 6.07) is 4.02. The van der Waals surface area contributed by atoms with Gasteiger partial charge >= 0.3 is 11.9 Å². The van der Waals surface area contributed by atoms with Crippen LogP contribution < -0.4 is 0 Å². The standard InChI is InChI=1S/C12H12ClFO4/c1-2-17-11(15)12(16)18-4-3-8-5-9(13)7-10(14)6-8/h5-7H,2-4H2,1H3. The van der Waals surface area contributed by atoms with Crippen molar-refractivity contribution in [3.63, 3.8) is 0 Å². The SMILES string of the molecule is CCOC(=O)C(=O)OCCc1cc(F)cc(Cl)c1. The van der Waals surface area contributed by atoms with Gasteiger partial charge in [-0.15, -0.1) is 0 Å². The van der Waals surface area contributed by atoms with E-state index in [1.165, 1.54) is 12.1 Å². The van der Waals surface area contributed by atoms with E-state index in [1.807, 2.05) is 0 Å². The average Bonchev–Trinajstić information content (AvgIpc) is 2.27. The fraction of sp³-hybridized carbons (Fsp3) is 0.333. The van der Waals surface area contributed by atoms with E-state index in [0.717, 1.165) is 0 Å². The van der Waals surface area contributed by atoms with Crippen LogP contribution in [-0.4, -0.2) is 25.2 Å². The molecule has 0 atom stereocenters. The lowest BCUT2D eigenvalue weighted by atomic mass is 10.1. The van der Waals surface area contributed by atoms with Gasteiger partial charge in [-0.3, -0.25) is 0 Å². The van der Waals surface area contributed by atoms with Crippen molar-refractivity contribution in [3.05, 3.63) is 34.6 Å². The molecule has 0 fully saturated rings. The summed E-state index contributed by atoms with van der Waals surface area (Å²) in [6.45, 7) is 1.64. The Hall–Kier alpha value is -1.62. The van der Waals surface area contributed by atoms with Crippen molar-refractivity contribution in [2.45, 2.75) is 13.3 Å². The van der Waals surface area contributed by atoms with Gasteiger partial charge in [-0.2, -0.15) is 0 Å². The lowest BCUT2D eigenvalue weighted by molar-refractivity contribution is -0.167. The quantitative estimate of drug-likeness (QED) is 0.623. The minimum absolute atomic E-state index is 0.0442. The molecule has 0 aliphatic carbocycles. The van der Waals surface area contributed by atoms with E-state index in [-0.39, 0.29) is 24.7 Å². The van der Waals surface area contributed by atoms with E-state index in [9.17, 15) is 14.0 Å². The Morgan fingerprint density at radius 1 is 1.22 bits per heavy atom. The number of hydrogen-bond donors (Lipinski definition) is 0. The highest BCUT2D eigenvalue weighted by Gasteiger charge is 2.16. The van der Waals surface area contributed by atoms with Crippen molar-refractivity contribution in [1.82, 2.24) is 0 Å². The third kappa shape index (κ3) is 4.71. The van der Waals surface area contributed by atoms with Gasteiger partial charge in [-0.25, -0.2) is 14.0 Å². The van der Waals surface area contributed by atoms with Crippen LogP contribution >= 0.6 is 11.6 Å². The van der Waals surface area contributed by atoms with E-state index in [2.05, 4.69) is 9.47 Å². The topological polar surface area (TPSA) is 52.6 Å². The van der Waals surface area contributed by atoms with E-state index < -0.39 is 17.8 Å². The van der Waals surface area contributed by atoms with E-state index >= 15 is 0 Å². The molecule has 0 spiro atoms. The molecule has 0 unspecified atom stereocenters. The number of hydrogen-bond acceptors (Lipinski definition) is 4. The molecule has 1 rings (SSSR count). The smallest absolute Gasteiger partial charge is 0.417 e. The molecule has 98 valence electrons. The second-order valence-electron chi connectivity index (χ2n) is 3.38. The first-order chi connectivity index (χ1) is 8.52. The summed E-state index contributed by atoms with van der Waals surface area (Å²) in [5.41, 5.74) is 0.580. The van der Waals surface area contributed by atoms with Crippen molar-refractivity contribution in [2.24, 2.45) is 0 Å². The van der Waals surface area contributed by atoms with Crippen LogP contribution in [0.5, 0.6) is 0 Å². The molecule has 0 aliphatic rings. The maximum Gasteiger partial charge on any atom is 0.417 e. The van der Waals surface area contributed by atoms with Gasteiger partial charge in [-0.1, -0.05) is 11.6 Å². The predicted octanol–water partition coefficient (Wildman–Crippen LogP) is 2.13. The lowest BCUT2D eigenvalue weighted by Gasteiger charge is -2.05. The van der Waals surface area contributed by atoms with E-state index in [0.29, 0.717) is 5.56 Å². The molecule has 0 bridgehead atoms. The van der Waals surface area contributed by atoms with Crippen LogP contribution in [0, 0.1) is 5.82 Å². The van der Waals surface area contributed by atoms with Crippen molar-refractivity contribution >= 4 is 23.5 Å². The predicted molar refractivity (Wildman–Crippen MR) is 62.7 cm³/mol. The van der Waals surface area contributed by atoms with Crippen LogP contribution in [0.2, 0.25) is 5.02 Å². The Kier molecular flexibility index (Phi) is 5.58. The molecular weight excluding hydrogens is 263 g/mol. The zero-order chi connectivity index (χ0) is 13.5. The first-order valence-corrected chi connectivity index (χ1v) is 5.69. The van der Waals surface area contributed by atoms with Crippen molar-refractivity contribution in [2.75, 3.05) is 13.2 Å². The molecule has 0 N–H and O–H groups in total. The molecule has 0 amide bonds. The Morgan fingerprint density at radius 3 is 2.50 bits per heavy atom. The number of esters is 2. The number of carbonyl (C=O) groups is 2. The van der Waals surface area contributed by atoms with Crippen LogP contribution in [0.15, 0.2) is 18.2 Å². The molecule has 0 heterocycles. The van der Waals surface area contributed by atoms with Crippen LogP contribution in [-0.2, 0) is 25.5 Å². The van der Waals surface area contributed by atoms with E-state index in [4.69, 9.17) is 11.6 Å². The highest BCUT2D eigenvalue weighted by Crippen LogP contribution is 2.14. The molecule has 4 nitrogen and oxygen atoms in total. The van der Waals surface area contributed by atoms with Gasteiger partial charge in [0.25, 0.3) is 0 Å². The lowest BCUT2D eigenvalue weighted by Crippen LogP contribution is -2.21. The maximum absolute atomic E-state index is 13.0. The fourth-order valence-electron chi connectivity index (χ4n) is 1.27. The van der Waals surface area contributed by atoms with Gasteiger partial charge in [0.15, 0.2) is 0 Å². The normalized spacial score (nSPS) is 9.94. The maximum atomic E-state index is 13.0. The Bertz CT molecular complexity index is 427. The molecule has 0 saturated heterocycles. The Morgan fingerprint density at radius 2 is 1.89 bits per heavy atom. The van der Waals surface area contributed by atoms with Gasteiger partial charge in [-0.05, 0) is 30.7 Å². The van der Waals surface area contributed by atoms with Crippen LogP contribution in [0.1, 0.15) is 12.5 Å². The zero-order valence-electron chi connectivity index (χ0n) is 9.74. The summed E-state index contributed by atoms with van der Waals surface area (Å²) in [6.07, 6.45) is 0.266. The molecule has 6 heteroatoms. The first-order valence-electron chi connectivity index (χ1n) is 5.31. The number of rotatable bonds is 4. The van der Waals surface area contributed by atoms with Gasteiger partial charge in [0.1, 0.15) is 5.82 Å². The fourth-order valence-corrected chi connectivity index (χ4v) is 1.51. The van der Waals surface area contributed by atoms with Gasteiger partial charge in [0, 0.05) is 11.4 Å². The van der Waals surface area contributed by atoms with E-state index in [1.54, 1.807) is 13.0 Å². The molecule has 1 aromatic carbocycles. The van der Waals surface area contributed by atoms with Crippen molar-refractivity contribution < 1.29 is 23.5 Å². The highest BCUT2D eigenvalue weighted by atomic mass is 35.5. The number of halogens is 2. The van der Waals surface area contributed by atoms with Crippen molar-refractivity contribution in [1.29, 1.82) is 0 Å². The third-order valence-electron chi connectivity index (χ3n) is 1.99. The van der Waals surface area contributed by atoms with Crippen LogP contribution in [0.3, 0.4) is 0 Å². The monoisotopic (exact) mass is 274 g/mol. The molecular formula is C12H12ClFO4. The molecule has 0 radical (unpaired) electrons. The first kappa shape index (κ1) is 14.4. The van der Waals surface area contributed by atoms with Crippen LogP contribution in [0.4, 0.5) is 4.39 Å². The number of carbonyl (C=O) groups excluding carboxylic acids is 2. The number of benzene rings is 1. The minimum Gasteiger partial charge on any atom is -0.458 e. The molecule has 1 aromatic rings. The minimum atomic E-state index is -1.06. The van der Waals surface area contributed by atoms with Crippen LogP contribution in [0.25, 0.3) is 0 Å². The Labute approximate surface area is 109 Å². The average molecular weight is 275 g/mol. The van der Waals surface area contributed by atoms with Crippen molar-refractivity contribution in [3.8, 4) is 0 Å². The molecule has 0 saturated carbocycles. The zero-order valence-corrected chi connectivity index (χ0v) is 10.5. The summed E-state index contributed by atoms with van der Waals surface area (Å²) in [7, 11) is 0. The summed E-state index contributed by atoms with van der Waals surface area (Å²) < 4.78 is 22.1. The molecule has 18 heavy (non-hydrogen) atoms. The summed E-state index contributed by atoms with van der Waals surface area (Å²) in [5.74, 6) is -2.55. The Balaban J connectivity index is 2.42. The summed E-state index contributed by atoms with van der Waals surface area (Å²) in [5, 5.41) is 0.265. The summed E-state index contributed by atoms with van der Waals surface area (Å²) in [4.78, 5) is 22.0. The third-order valence-corrected chi connectivity index (χ3v) is 2.21.